The first-order chi connectivity index (χ1) is 8.81. The van der Waals surface area contributed by atoms with Crippen molar-refractivity contribution in [2.45, 2.75) is 31.2 Å². The first-order valence-corrected chi connectivity index (χ1v) is 7.64. The molecule has 0 aromatic heterocycles. The number of nitrogens with one attached hydrogen (secondary N) is 1. The standard InChI is InChI=1S/C14H18N2OS/c1-2-18-13-12-8-5-9-16(12)14(17)10-6-3-4-7-11(10)15-13/h3-4,6-7,12-13,15H,2,5,8-9H2,1H3/t12-,13+/m0/s1. The van der Waals surface area contributed by atoms with E-state index >= 15 is 0 Å². The number of fused-ring (bicyclic) bond motifs is 2. The normalized spacial score (nSPS) is 26.3. The van der Waals surface area contributed by atoms with Crippen LogP contribution < -0.4 is 5.32 Å². The van der Waals surface area contributed by atoms with Crippen molar-refractivity contribution in [3.8, 4) is 0 Å². The molecule has 2 heterocycles. The predicted molar refractivity (Wildman–Crippen MR) is 76.0 cm³/mol. The van der Waals surface area contributed by atoms with E-state index in [1.54, 1.807) is 0 Å². The van der Waals surface area contributed by atoms with E-state index in [4.69, 9.17) is 0 Å². The van der Waals surface area contributed by atoms with Gasteiger partial charge in [0.25, 0.3) is 5.91 Å². The second-order valence-corrected chi connectivity index (χ2v) is 6.19. The van der Waals surface area contributed by atoms with Gasteiger partial charge in [0.05, 0.1) is 17.0 Å². The molecule has 1 amide bonds. The first kappa shape index (κ1) is 11.9. The molecule has 0 saturated carbocycles. The summed E-state index contributed by atoms with van der Waals surface area (Å²) in [6.45, 7) is 3.07. The van der Waals surface area contributed by atoms with Gasteiger partial charge >= 0.3 is 0 Å². The Morgan fingerprint density at radius 3 is 3.11 bits per heavy atom. The summed E-state index contributed by atoms with van der Waals surface area (Å²) in [5.41, 5.74) is 1.81. The fourth-order valence-corrected chi connectivity index (χ4v) is 3.97. The summed E-state index contributed by atoms with van der Waals surface area (Å²) in [5.74, 6) is 1.26. The number of nitrogens with zero attached hydrogens (tertiary/aromatic N) is 1. The van der Waals surface area contributed by atoms with Crippen LogP contribution in [0.5, 0.6) is 0 Å². The van der Waals surface area contributed by atoms with Crippen LogP contribution in [0, 0.1) is 0 Å². The Kier molecular flexibility index (Phi) is 3.20. The molecule has 1 N–H and O–H groups in total. The van der Waals surface area contributed by atoms with E-state index in [0.717, 1.165) is 36.4 Å². The number of thioether (sulfide) groups is 1. The molecule has 1 aromatic carbocycles. The third-order valence-corrected chi connectivity index (χ3v) is 4.84. The Labute approximate surface area is 112 Å². The van der Waals surface area contributed by atoms with Gasteiger partial charge in [0, 0.05) is 12.2 Å². The van der Waals surface area contributed by atoms with Gasteiger partial charge in [-0.1, -0.05) is 19.1 Å². The molecule has 0 unspecified atom stereocenters. The maximum absolute atomic E-state index is 12.5. The number of benzene rings is 1. The topological polar surface area (TPSA) is 32.3 Å². The van der Waals surface area contributed by atoms with Gasteiger partial charge in [0.2, 0.25) is 0 Å². The quantitative estimate of drug-likeness (QED) is 0.889. The van der Waals surface area contributed by atoms with Gasteiger partial charge in [0.15, 0.2) is 0 Å². The smallest absolute Gasteiger partial charge is 0.256 e. The maximum Gasteiger partial charge on any atom is 0.256 e. The fraction of sp³-hybridized carbons (Fsp3) is 0.500. The van der Waals surface area contributed by atoms with Gasteiger partial charge in [-0.3, -0.25) is 4.79 Å². The molecule has 1 fully saturated rings. The second-order valence-electron chi connectivity index (χ2n) is 4.77. The Morgan fingerprint density at radius 1 is 1.44 bits per heavy atom. The van der Waals surface area contributed by atoms with Crippen LogP contribution >= 0.6 is 11.8 Å². The molecular weight excluding hydrogens is 244 g/mol. The average molecular weight is 262 g/mol. The van der Waals surface area contributed by atoms with Crippen molar-refractivity contribution in [3.63, 3.8) is 0 Å². The van der Waals surface area contributed by atoms with Gasteiger partial charge in [-0.05, 0) is 30.7 Å². The molecule has 2 aliphatic rings. The SMILES string of the molecule is CCS[C@H]1Nc2ccccc2C(=O)N2CCC[C@@H]12. The number of anilines is 1. The van der Waals surface area contributed by atoms with Crippen LogP contribution in [0.15, 0.2) is 24.3 Å². The minimum atomic E-state index is 0.194. The monoisotopic (exact) mass is 262 g/mol. The third-order valence-electron chi connectivity index (χ3n) is 3.71. The number of carbonyl (C=O) groups is 1. The molecule has 1 aromatic rings. The van der Waals surface area contributed by atoms with Gasteiger partial charge < -0.3 is 10.2 Å². The molecule has 2 atom stereocenters. The Balaban J connectivity index is 2.01. The lowest BCUT2D eigenvalue weighted by atomic mass is 10.1. The molecule has 18 heavy (non-hydrogen) atoms. The van der Waals surface area contributed by atoms with Crippen LogP contribution in [0.3, 0.4) is 0 Å². The Bertz CT molecular complexity index is 463. The van der Waals surface area contributed by atoms with E-state index in [1.165, 1.54) is 0 Å². The minimum Gasteiger partial charge on any atom is -0.371 e. The lowest BCUT2D eigenvalue weighted by Gasteiger charge is -2.28. The fourth-order valence-electron chi connectivity index (χ4n) is 2.89. The summed E-state index contributed by atoms with van der Waals surface area (Å²) in [6.07, 6.45) is 2.24. The van der Waals surface area contributed by atoms with Crippen LogP contribution in [0.2, 0.25) is 0 Å². The Morgan fingerprint density at radius 2 is 2.28 bits per heavy atom. The zero-order valence-corrected chi connectivity index (χ0v) is 11.4. The zero-order valence-electron chi connectivity index (χ0n) is 10.6. The summed E-state index contributed by atoms with van der Waals surface area (Å²) in [5, 5.41) is 3.89. The van der Waals surface area contributed by atoms with Crippen LogP contribution in [0.4, 0.5) is 5.69 Å². The molecule has 3 nitrogen and oxygen atoms in total. The number of carbonyl (C=O) groups excluding carboxylic acids is 1. The second kappa shape index (κ2) is 4.84. The molecular formula is C14H18N2OS. The van der Waals surface area contributed by atoms with Gasteiger partial charge in [0.1, 0.15) is 0 Å². The minimum absolute atomic E-state index is 0.194. The van der Waals surface area contributed by atoms with Crippen molar-refractivity contribution < 1.29 is 4.79 Å². The summed E-state index contributed by atoms with van der Waals surface area (Å²) in [6, 6.07) is 8.22. The van der Waals surface area contributed by atoms with Gasteiger partial charge in [-0.15, -0.1) is 11.8 Å². The van der Waals surface area contributed by atoms with E-state index in [9.17, 15) is 4.79 Å². The van der Waals surface area contributed by atoms with Crippen molar-refractivity contribution in [2.75, 3.05) is 17.6 Å². The summed E-state index contributed by atoms with van der Waals surface area (Å²) < 4.78 is 0. The summed E-state index contributed by atoms with van der Waals surface area (Å²) >= 11 is 1.90. The highest BCUT2D eigenvalue weighted by Gasteiger charge is 2.38. The Hall–Kier alpha value is -1.16. The third kappa shape index (κ3) is 1.88. The molecule has 0 aliphatic carbocycles. The highest BCUT2D eigenvalue weighted by Crippen LogP contribution is 2.34. The molecule has 96 valence electrons. The number of rotatable bonds is 2. The maximum atomic E-state index is 12.5. The molecule has 2 aliphatic heterocycles. The molecule has 0 bridgehead atoms. The first-order valence-electron chi connectivity index (χ1n) is 6.59. The lowest BCUT2D eigenvalue weighted by Crippen LogP contribution is -2.41. The van der Waals surface area contributed by atoms with Crippen molar-refractivity contribution in [3.05, 3.63) is 29.8 Å². The summed E-state index contributed by atoms with van der Waals surface area (Å²) in [7, 11) is 0. The van der Waals surface area contributed by atoms with Crippen molar-refractivity contribution in [2.24, 2.45) is 0 Å². The number of amides is 1. The van der Waals surface area contributed by atoms with Crippen molar-refractivity contribution in [1.82, 2.24) is 4.90 Å². The summed E-state index contributed by atoms with van der Waals surface area (Å²) in [4.78, 5) is 14.6. The average Bonchev–Trinajstić information content (AvgIpc) is 2.83. The lowest BCUT2D eigenvalue weighted by molar-refractivity contribution is 0.0745. The molecule has 3 rings (SSSR count). The number of para-hydroxylation sites is 1. The number of hydrogen-bond donors (Lipinski definition) is 1. The zero-order chi connectivity index (χ0) is 12.5. The molecule has 1 saturated heterocycles. The van der Waals surface area contributed by atoms with E-state index in [-0.39, 0.29) is 5.91 Å². The van der Waals surface area contributed by atoms with Gasteiger partial charge in [-0.25, -0.2) is 0 Å². The van der Waals surface area contributed by atoms with Crippen LogP contribution in [-0.4, -0.2) is 34.5 Å². The van der Waals surface area contributed by atoms with Crippen molar-refractivity contribution in [1.29, 1.82) is 0 Å². The van der Waals surface area contributed by atoms with Crippen LogP contribution in [-0.2, 0) is 0 Å². The van der Waals surface area contributed by atoms with Crippen molar-refractivity contribution >= 4 is 23.4 Å². The van der Waals surface area contributed by atoms with Gasteiger partial charge in [-0.2, -0.15) is 0 Å². The van der Waals surface area contributed by atoms with E-state index < -0.39 is 0 Å². The molecule has 4 heteroatoms. The van der Waals surface area contributed by atoms with E-state index in [1.807, 2.05) is 36.0 Å². The largest absolute Gasteiger partial charge is 0.371 e. The molecule has 0 radical (unpaired) electrons. The highest BCUT2D eigenvalue weighted by molar-refractivity contribution is 8.00. The van der Waals surface area contributed by atoms with Crippen LogP contribution in [0.1, 0.15) is 30.1 Å². The highest BCUT2D eigenvalue weighted by atomic mass is 32.2. The predicted octanol–water partition coefficient (Wildman–Crippen LogP) is 2.80. The number of hydrogen-bond acceptors (Lipinski definition) is 3. The van der Waals surface area contributed by atoms with E-state index in [2.05, 4.69) is 17.1 Å². The van der Waals surface area contributed by atoms with Crippen LogP contribution in [0.25, 0.3) is 0 Å². The molecule has 0 spiro atoms. The van der Waals surface area contributed by atoms with E-state index in [0.29, 0.717) is 11.4 Å².